The van der Waals surface area contributed by atoms with E-state index in [0.29, 0.717) is 18.8 Å². The van der Waals surface area contributed by atoms with E-state index < -0.39 is 0 Å². The number of aliphatic hydroxyl groups excluding tert-OH is 1. The summed E-state index contributed by atoms with van der Waals surface area (Å²) >= 11 is 0. The molecular weight excluding hydrogens is 268 g/mol. The molecule has 0 aliphatic heterocycles. The summed E-state index contributed by atoms with van der Waals surface area (Å²) in [6.07, 6.45) is 3.53. The second kappa shape index (κ2) is 6.82. The standard InChI is InChI=1S/C16H18N2O3/c1-3-17-8-9-18(16(17)20)12-14-11-13(5-4-10-19)6-7-15(14)21-2/h6-9,11,19H,3,10,12H2,1-2H3. The van der Waals surface area contributed by atoms with Gasteiger partial charge in [-0.25, -0.2) is 4.79 Å². The molecule has 0 unspecified atom stereocenters. The molecule has 1 aromatic heterocycles. The van der Waals surface area contributed by atoms with Crippen molar-refractivity contribution in [3.63, 3.8) is 0 Å². The van der Waals surface area contributed by atoms with E-state index in [1.54, 1.807) is 28.6 Å². The quantitative estimate of drug-likeness (QED) is 0.855. The molecule has 0 radical (unpaired) electrons. The molecule has 0 amide bonds. The molecule has 0 aliphatic carbocycles. The van der Waals surface area contributed by atoms with Crippen LogP contribution in [0.1, 0.15) is 18.1 Å². The lowest BCUT2D eigenvalue weighted by molar-refractivity contribution is 0.350. The molecule has 110 valence electrons. The Labute approximate surface area is 123 Å². The summed E-state index contributed by atoms with van der Waals surface area (Å²) < 4.78 is 8.60. The van der Waals surface area contributed by atoms with Gasteiger partial charge in [0.25, 0.3) is 0 Å². The maximum atomic E-state index is 12.1. The minimum Gasteiger partial charge on any atom is -0.496 e. The van der Waals surface area contributed by atoms with Crippen molar-refractivity contribution in [1.82, 2.24) is 9.13 Å². The number of aliphatic hydroxyl groups is 1. The van der Waals surface area contributed by atoms with E-state index in [-0.39, 0.29) is 12.3 Å². The van der Waals surface area contributed by atoms with Crippen molar-refractivity contribution in [2.24, 2.45) is 0 Å². The largest absolute Gasteiger partial charge is 0.496 e. The average molecular weight is 286 g/mol. The fourth-order valence-corrected chi connectivity index (χ4v) is 2.12. The van der Waals surface area contributed by atoms with Crippen molar-refractivity contribution in [1.29, 1.82) is 0 Å². The Morgan fingerprint density at radius 1 is 1.29 bits per heavy atom. The summed E-state index contributed by atoms with van der Waals surface area (Å²) in [5.41, 5.74) is 1.60. The van der Waals surface area contributed by atoms with Crippen molar-refractivity contribution in [2.75, 3.05) is 13.7 Å². The first-order valence-electron chi connectivity index (χ1n) is 6.71. The number of aromatic nitrogens is 2. The average Bonchev–Trinajstić information content (AvgIpc) is 2.86. The van der Waals surface area contributed by atoms with E-state index in [1.165, 1.54) is 0 Å². The van der Waals surface area contributed by atoms with Crippen LogP contribution >= 0.6 is 0 Å². The monoisotopic (exact) mass is 286 g/mol. The van der Waals surface area contributed by atoms with Crippen LogP contribution in [0, 0.1) is 11.8 Å². The van der Waals surface area contributed by atoms with E-state index in [4.69, 9.17) is 9.84 Å². The first-order chi connectivity index (χ1) is 10.2. The van der Waals surface area contributed by atoms with Crippen LogP contribution in [0.3, 0.4) is 0 Å². The Balaban J connectivity index is 2.36. The van der Waals surface area contributed by atoms with Crippen LogP contribution in [-0.2, 0) is 13.1 Å². The number of hydrogen-bond acceptors (Lipinski definition) is 3. The van der Waals surface area contributed by atoms with Crippen molar-refractivity contribution in [2.45, 2.75) is 20.0 Å². The highest BCUT2D eigenvalue weighted by atomic mass is 16.5. The zero-order chi connectivity index (χ0) is 15.2. The van der Waals surface area contributed by atoms with Crippen LogP contribution in [0.2, 0.25) is 0 Å². The maximum absolute atomic E-state index is 12.1. The third kappa shape index (κ3) is 3.36. The second-order valence-electron chi connectivity index (χ2n) is 4.48. The number of nitrogens with zero attached hydrogens (tertiary/aromatic N) is 2. The minimum absolute atomic E-state index is 0.0496. The van der Waals surface area contributed by atoms with Crippen molar-refractivity contribution in [3.8, 4) is 17.6 Å². The highest BCUT2D eigenvalue weighted by Gasteiger charge is 2.08. The predicted octanol–water partition coefficient (Wildman–Crippen LogP) is 1.07. The van der Waals surface area contributed by atoms with Gasteiger partial charge in [0.05, 0.1) is 13.7 Å². The molecule has 2 rings (SSSR count). The van der Waals surface area contributed by atoms with Gasteiger partial charge in [0.1, 0.15) is 12.4 Å². The second-order valence-corrected chi connectivity index (χ2v) is 4.48. The molecule has 0 saturated heterocycles. The Morgan fingerprint density at radius 3 is 2.67 bits per heavy atom. The molecule has 1 heterocycles. The minimum atomic E-state index is -0.180. The summed E-state index contributed by atoms with van der Waals surface area (Å²) in [5.74, 6) is 6.17. The molecule has 5 nitrogen and oxygen atoms in total. The molecule has 0 bridgehead atoms. The van der Waals surface area contributed by atoms with Crippen LogP contribution in [0.5, 0.6) is 5.75 Å². The van der Waals surface area contributed by atoms with E-state index in [2.05, 4.69) is 11.8 Å². The lowest BCUT2D eigenvalue weighted by atomic mass is 10.1. The first-order valence-corrected chi connectivity index (χ1v) is 6.71. The predicted molar refractivity (Wildman–Crippen MR) is 80.4 cm³/mol. The Morgan fingerprint density at radius 2 is 2.05 bits per heavy atom. The van der Waals surface area contributed by atoms with Gasteiger partial charge in [-0.05, 0) is 25.1 Å². The highest BCUT2D eigenvalue weighted by Crippen LogP contribution is 2.20. The molecule has 5 heteroatoms. The molecule has 2 aromatic rings. The Bertz CT molecular complexity index is 732. The van der Waals surface area contributed by atoms with Gasteiger partial charge in [0.15, 0.2) is 0 Å². The molecular formula is C16H18N2O3. The first kappa shape index (κ1) is 14.9. The third-order valence-electron chi connectivity index (χ3n) is 3.19. The van der Waals surface area contributed by atoms with E-state index in [1.807, 2.05) is 25.1 Å². The van der Waals surface area contributed by atoms with Crippen molar-refractivity contribution in [3.05, 3.63) is 52.2 Å². The fourth-order valence-electron chi connectivity index (χ4n) is 2.12. The molecule has 0 atom stereocenters. The topological polar surface area (TPSA) is 56.4 Å². The lowest BCUT2D eigenvalue weighted by Gasteiger charge is -2.09. The summed E-state index contributed by atoms with van der Waals surface area (Å²) in [6.45, 7) is 2.81. The van der Waals surface area contributed by atoms with Gasteiger partial charge >= 0.3 is 5.69 Å². The normalized spacial score (nSPS) is 10.0. The third-order valence-corrected chi connectivity index (χ3v) is 3.19. The van der Waals surface area contributed by atoms with Gasteiger partial charge in [0.2, 0.25) is 0 Å². The van der Waals surface area contributed by atoms with E-state index >= 15 is 0 Å². The van der Waals surface area contributed by atoms with Gasteiger partial charge in [-0.3, -0.25) is 9.13 Å². The van der Waals surface area contributed by atoms with Crippen LogP contribution in [0.4, 0.5) is 0 Å². The number of rotatable bonds is 4. The number of methoxy groups -OCH3 is 1. The fraction of sp³-hybridized carbons (Fsp3) is 0.312. The van der Waals surface area contributed by atoms with Gasteiger partial charge in [0, 0.05) is 30.1 Å². The van der Waals surface area contributed by atoms with Gasteiger partial charge in [-0.1, -0.05) is 11.8 Å². The van der Waals surface area contributed by atoms with Crippen LogP contribution in [0.25, 0.3) is 0 Å². The number of benzene rings is 1. The van der Waals surface area contributed by atoms with Crippen LogP contribution < -0.4 is 10.4 Å². The SMILES string of the molecule is CCn1ccn(Cc2cc(C#CCO)ccc2OC)c1=O. The molecule has 21 heavy (non-hydrogen) atoms. The zero-order valence-electron chi connectivity index (χ0n) is 12.2. The maximum Gasteiger partial charge on any atom is 0.328 e. The molecule has 1 aromatic carbocycles. The number of hydrogen-bond donors (Lipinski definition) is 1. The summed E-state index contributed by atoms with van der Waals surface area (Å²) in [5, 5.41) is 8.75. The van der Waals surface area contributed by atoms with Crippen LogP contribution in [0.15, 0.2) is 35.4 Å². The lowest BCUT2D eigenvalue weighted by Crippen LogP contribution is -2.24. The Hall–Kier alpha value is -2.45. The highest BCUT2D eigenvalue weighted by molar-refractivity contribution is 5.44. The zero-order valence-corrected chi connectivity index (χ0v) is 12.2. The number of ether oxygens (including phenoxy) is 1. The molecule has 0 saturated carbocycles. The van der Waals surface area contributed by atoms with Gasteiger partial charge < -0.3 is 9.84 Å². The summed E-state index contributed by atoms with van der Waals surface area (Å²) in [6, 6.07) is 5.51. The van der Waals surface area contributed by atoms with E-state index in [9.17, 15) is 4.79 Å². The van der Waals surface area contributed by atoms with Gasteiger partial charge in [-0.15, -0.1) is 0 Å². The molecule has 1 N–H and O–H groups in total. The van der Waals surface area contributed by atoms with Crippen LogP contribution in [-0.4, -0.2) is 28.0 Å². The number of aryl methyl sites for hydroxylation is 1. The van der Waals surface area contributed by atoms with Crippen molar-refractivity contribution >= 4 is 0 Å². The molecule has 0 aliphatic rings. The summed E-state index contributed by atoms with van der Waals surface area (Å²) in [7, 11) is 1.60. The van der Waals surface area contributed by atoms with E-state index in [0.717, 1.165) is 11.1 Å². The van der Waals surface area contributed by atoms with Crippen molar-refractivity contribution < 1.29 is 9.84 Å². The molecule has 0 fully saturated rings. The Kier molecular flexibility index (Phi) is 4.85. The smallest absolute Gasteiger partial charge is 0.328 e. The molecule has 0 spiro atoms. The summed E-state index contributed by atoms with van der Waals surface area (Å²) in [4.78, 5) is 12.1. The number of imidazole rings is 1. The van der Waals surface area contributed by atoms with Gasteiger partial charge in [-0.2, -0.15) is 0 Å².